The average molecular weight is 312 g/mol. The topological polar surface area (TPSA) is 86.9 Å². The van der Waals surface area contributed by atoms with E-state index in [1.807, 2.05) is 39.8 Å². The molecule has 0 spiro atoms. The van der Waals surface area contributed by atoms with E-state index in [9.17, 15) is 9.59 Å². The van der Waals surface area contributed by atoms with Crippen molar-refractivity contribution < 1.29 is 9.59 Å². The van der Waals surface area contributed by atoms with Gasteiger partial charge in [0.15, 0.2) is 0 Å². The van der Waals surface area contributed by atoms with E-state index in [0.29, 0.717) is 5.69 Å². The minimum Gasteiger partial charge on any atom is -0.326 e. The summed E-state index contributed by atoms with van der Waals surface area (Å²) in [6.07, 6.45) is 0.270. The predicted molar refractivity (Wildman–Crippen MR) is 88.5 cm³/mol. The molecule has 0 saturated carbocycles. The lowest BCUT2D eigenvalue weighted by Crippen LogP contribution is -2.27. The lowest BCUT2D eigenvalue weighted by atomic mass is 9.86. The third kappa shape index (κ3) is 2.60. The van der Waals surface area contributed by atoms with Crippen molar-refractivity contribution in [2.45, 2.75) is 39.5 Å². The molecular formula is C17H20N4O2. The Morgan fingerprint density at radius 3 is 2.70 bits per heavy atom. The molecule has 23 heavy (non-hydrogen) atoms. The second kappa shape index (κ2) is 5.22. The first-order valence-corrected chi connectivity index (χ1v) is 7.55. The highest BCUT2D eigenvalue weighted by Crippen LogP contribution is 2.38. The van der Waals surface area contributed by atoms with Crippen molar-refractivity contribution in [3.05, 3.63) is 40.7 Å². The first-order valence-electron chi connectivity index (χ1n) is 7.55. The van der Waals surface area contributed by atoms with Crippen LogP contribution in [0.2, 0.25) is 0 Å². The number of fused-ring (bicyclic) bond motifs is 1. The second-order valence-electron chi connectivity index (χ2n) is 6.48. The maximum atomic E-state index is 12.3. The number of benzene rings is 1. The highest BCUT2D eigenvalue weighted by atomic mass is 16.2. The Morgan fingerprint density at radius 1 is 1.30 bits per heavy atom. The molecule has 1 aromatic carbocycles. The number of nitrogens with zero attached hydrogens (tertiary/aromatic N) is 1. The quantitative estimate of drug-likeness (QED) is 0.813. The van der Waals surface area contributed by atoms with Gasteiger partial charge < -0.3 is 10.6 Å². The molecule has 0 bridgehead atoms. The number of aromatic nitrogens is 2. The number of aryl methyl sites for hydroxylation is 2. The molecule has 0 aliphatic carbocycles. The molecule has 1 aromatic heterocycles. The van der Waals surface area contributed by atoms with Crippen molar-refractivity contribution >= 4 is 23.2 Å². The Kier molecular flexibility index (Phi) is 3.47. The molecule has 0 fully saturated rings. The van der Waals surface area contributed by atoms with Gasteiger partial charge in [-0.1, -0.05) is 0 Å². The number of hydrogen-bond acceptors (Lipinski definition) is 3. The number of nitrogens with one attached hydrogen (secondary N) is 3. The summed E-state index contributed by atoms with van der Waals surface area (Å²) >= 11 is 0. The summed E-state index contributed by atoms with van der Waals surface area (Å²) in [5, 5.41) is 12.7. The maximum absolute atomic E-state index is 12.3. The van der Waals surface area contributed by atoms with Crippen LogP contribution in [0.25, 0.3) is 0 Å². The molecule has 1 aliphatic heterocycles. The molecule has 120 valence electrons. The summed E-state index contributed by atoms with van der Waals surface area (Å²) < 4.78 is 0. The number of amides is 2. The van der Waals surface area contributed by atoms with E-state index in [2.05, 4.69) is 20.8 Å². The fourth-order valence-electron chi connectivity index (χ4n) is 2.85. The smallest absolute Gasteiger partial charge is 0.234 e. The molecule has 0 unspecified atom stereocenters. The summed E-state index contributed by atoms with van der Waals surface area (Å²) in [4.78, 5) is 24.2. The van der Waals surface area contributed by atoms with E-state index in [-0.39, 0.29) is 18.2 Å². The molecule has 3 N–H and O–H groups in total. The van der Waals surface area contributed by atoms with Crippen LogP contribution >= 0.6 is 0 Å². The lowest BCUT2D eigenvalue weighted by Gasteiger charge is -2.16. The zero-order valence-corrected chi connectivity index (χ0v) is 13.7. The Balaban J connectivity index is 1.78. The van der Waals surface area contributed by atoms with Gasteiger partial charge in [-0.3, -0.25) is 14.7 Å². The summed E-state index contributed by atoms with van der Waals surface area (Å²) in [5.74, 6) is -0.131. The Labute approximate surface area is 134 Å². The van der Waals surface area contributed by atoms with Gasteiger partial charge in [-0.25, -0.2) is 0 Å². The average Bonchev–Trinajstić information content (AvgIpc) is 2.91. The van der Waals surface area contributed by atoms with E-state index in [4.69, 9.17) is 0 Å². The largest absolute Gasteiger partial charge is 0.326 e. The third-order valence-corrected chi connectivity index (χ3v) is 4.41. The Morgan fingerprint density at radius 2 is 2.04 bits per heavy atom. The molecular weight excluding hydrogens is 292 g/mol. The van der Waals surface area contributed by atoms with Crippen molar-refractivity contribution in [1.82, 2.24) is 10.2 Å². The number of carbonyl (C=O) groups excluding carboxylic acids is 2. The van der Waals surface area contributed by atoms with Gasteiger partial charge in [0.2, 0.25) is 11.8 Å². The minimum absolute atomic E-state index is 0.0272. The fourth-order valence-corrected chi connectivity index (χ4v) is 2.85. The number of anilines is 2. The van der Waals surface area contributed by atoms with Crippen LogP contribution in [0.4, 0.5) is 11.4 Å². The van der Waals surface area contributed by atoms with E-state index < -0.39 is 5.41 Å². The van der Waals surface area contributed by atoms with Crippen molar-refractivity contribution in [3.8, 4) is 0 Å². The summed E-state index contributed by atoms with van der Waals surface area (Å²) in [6, 6.07) is 5.49. The van der Waals surface area contributed by atoms with Crippen LogP contribution in [0.3, 0.4) is 0 Å². The van der Waals surface area contributed by atoms with Gasteiger partial charge in [-0.05, 0) is 51.5 Å². The number of carbonyl (C=O) groups is 2. The van der Waals surface area contributed by atoms with Gasteiger partial charge in [0.25, 0.3) is 0 Å². The zero-order chi connectivity index (χ0) is 16.8. The van der Waals surface area contributed by atoms with Crippen LogP contribution in [0.5, 0.6) is 0 Å². The first kappa shape index (κ1) is 15.3. The molecule has 1 aliphatic rings. The van der Waals surface area contributed by atoms with Gasteiger partial charge in [0.05, 0.1) is 17.5 Å². The molecule has 0 radical (unpaired) electrons. The lowest BCUT2D eigenvalue weighted by molar-refractivity contribution is -0.119. The molecule has 6 nitrogen and oxygen atoms in total. The fraction of sp³-hybridized carbons (Fsp3) is 0.353. The molecule has 0 saturated heterocycles. The van der Waals surface area contributed by atoms with Gasteiger partial charge >= 0.3 is 0 Å². The van der Waals surface area contributed by atoms with Crippen molar-refractivity contribution in [2.24, 2.45) is 0 Å². The van der Waals surface area contributed by atoms with Crippen LogP contribution in [0, 0.1) is 13.8 Å². The second-order valence-corrected chi connectivity index (χ2v) is 6.48. The molecule has 3 rings (SSSR count). The Hall–Kier alpha value is -2.63. The molecule has 6 heteroatoms. The van der Waals surface area contributed by atoms with Gasteiger partial charge in [0, 0.05) is 22.6 Å². The number of H-pyrrole nitrogens is 1. The highest BCUT2D eigenvalue weighted by molar-refractivity contribution is 6.06. The third-order valence-electron chi connectivity index (χ3n) is 4.41. The molecule has 2 aromatic rings. The standard InChI is InChI=1S/C17H20N4O2/c1-9-12(10(2)21-20-9)8-15(22)18-11-5-6-14-13(7-11)17(3,4)16(23)19-14/h5-7H,8H2,1-4H3,(H,18,22)(H,19,23)(H,20,21). The van der Waals surface area contributed by atoms with Gasteiger partial charge in [-0.15, -0.1) is 0 Å². The van der Waals surface area contributed by atoms with Gasteiger partial charge in [0.1, 0.15) is 0 Å². The minimum atomic E-state index is -0.589. The van der Waals surface area contributed by atoms with Crippen molar-refractivity contribution in [2.75, 3.05) is 10.6 Å². The predicted octanol–water partition coefficient (Wildman–Crippen LogP) is 2.44. The molecule has 2 amide bonds. The number of rotatable bonds is 3. The monoisotopic (exact) mass is 312 g/mol. The van der Waals surface area contributed by atoms with Gasteiger partial charge in [-0.2, -0.15) is 5.10 Å². The number of aromatic amines is 1. The van der Waals surface area contributed by atoms with Crippen LogP contribution < -0.4 is 10.6 Å². The van der Waals surface area contributed by atoms with E-state index in [1.54, 1.807) is 6.07 Å². The van der Waals surface area contributed by atoms with E-state index in [1.165, 1.54) is 0 Å². The van der Waals surface area contributed by atoms with Crippen LogP contribution in [-0.4, -0.2) is 22.0 Å². The molecule has 0 atom stereocenters. The SMILES string of the molecule is Cc1n[nH]c(C)c1CC(=O)Nc1ccc2c(c1)C(C)(C)C(=O)N2. The van der Waals surface area contributed by atoms with E-state index in [0.717, 1.165) is 28.2 Å². The summed E-state index contributed by atoms with van der Waals surface area (Å²) in [6.45, 7) is 7.52. The summed E-state index contributed by atoms with van der Waals surface area (Å²) in [5.41, 5.74) is 4.46. The van der Waals surface area contributed by atoms with Crippen LogP contribution in [0.15, 0.2) is 18.2 Å². The normalized spacial score (nSPS) is 15.2. The van der Waals surface area contributed by atoms with Crippen LogP contribution in [-0.2, 0) is 21.4 Å². The van der Waals surface area contributed by atoms with E-state index >= 15 is 0 Å². The maximum Gasteiger partial charge on any atom is 0.234 e. The van der Waals surface area contributed by atoms with Crippen molar-refractivity contribution in [3.63, 3.8) is 0 Å². The zero-order valence-electron chi connectivity index (χ0n) is 13.7. The molecule has 2 heterocycles. The summed E-state index contributed by atoms with van der Waals surface area (Å²) in [7, 11) is 0. The first-order chi connectivity index (χ1) is 10.8. The van der Waals surface area contributed by atoms with Crippen LogP contribution in [0.1, 0.15) is 36.4 Å². The number of hydrogen-bond donors (Lipinski definition) is 3. The Bertz CT molecular complexity index is 785. The van der Waals surface area contributed by atoms with Crippen molar-refractivity contribution in [1.29, 1.82) is 0 Å². The highest BCUT2D eigenvalue weighted by Gasteiger charge is 2.38.